The summed E-state index contributed by atoms with van der Waals surface area (Å²) >= 11 is 0. The summed E-state index contributed by atoms with van der Waals surface area (Å²) < 4.78 is 0. The Morgan fingerprint density at radius 1 is 0.746 bits per heavy atom. The van der Waals surface area contributed by atoms with Gasteiger partial charge in [0.15, 0.2) is 0 Å². The molecule has 0 spiro atoms. The summed E-state index contributed by atoms with van der Waals surface area (Å²) in [5.74, 6) is 3.27. The molecule has 8 rings (SSSR count). The van der Waals surface area contributed by atoms with Crippen LogP contribution in [0.25, 0.3) is 11.1 Å². The molecule has 0 heterocycles. The van der Waals surface area contributed by atoms with Crippen molar-refractivity contribution in [1.29, 1.82) is 0 Å². The molecule has 7 unspecified atom stereocenters. The van der Waals surface area contributed by atoms with Crippen LogP contribution >= 0.6 is 0 Å². The summed E-state index contributed by atoms with van der Waals surface area (Å²) in [5.41, 5.74) is 14.1. The van der Waals surface area contributed by atoms with Crippen molar-refractivity contribution in [2.75, 3.05) is 0 Å². The third-order valence-corrected chi connectivity index (χ3v) is 14.6. The van der Waals surface area contributed by atoms with Crippen LogP contribution in [0.2, 0.25) is 0 Å². The zero-order valence-electron chi connectivity index (χ0n) is 38.1. The smallest absolute Gasteiger partial charge is 0.0336 e. The van der Waals surface area contributed by atoms with E-state index >= 15 is 0 Å². The molecule has 0 aliphatic heterocycles. The van der Waals surface area contributed by atoms with E-state index in [0.717, 1.165) is 25.7 Å². The minimum absolute atomic E-state index is 0.103. The Bertz CT molecular complexity index is 2340. The third-order valence-electron chi connectivity index (χ3n) is 14.6. The lowest BCUT2D eigenvalue weighted by Crippen LogP contribution is -2.22. The fraction of sp³-hybridized carbons (Fsp3) is 0.333. The number of hydrogen-bond donors (Lipinski definition) is 0. The molecular weight excluding hydrogens is 757 g/mol. The summed E-state index contributed by atoms with van der Waals surface area (Å²) in [6, 6.07) is 30.0. The minimum atomic E-state index is 0.103. The van der Waals surface area contributed by atoms with E-state index in [9.17, 15) is 0 Å². The van der Waals surface area contributed by atoms with E-state index in [2.05, 4.69) is 209 Å². The van der Waals surface area contributed by atoms with Crippen LogP contribution in [-0.2, 0) is 6.42 Å². The van der Waals surface area contributed by atoms with Crippen LogP contribution < -0.4 is 0 Å². The fourth-order valence-electron chi connectivity index (χ4n) is 11.0. The lowest BCUT2D eigenvalue weighted by molar-refractivity contribution is 0.316. The van der Waals surface area contributed by atoms with E-state index in [0.29, 0.717) is 35.5 Å². The maximum atomic E-state index is 4.36. The first-order valence-electron chi connectivity index (χ1n) is 24.5. The average molecular weight is 827 g/mol. The first kappa shape index (κ1) is 44.2. The van der Waals surface area contributed by atoms with Crippen molar-refractivity contribution < 1.29 is 0 Å². The highest BCUT2D eigenvalue weighted by atomic mass is 14.4. The standard InChI is InChI=1S/C63H70/c1-4-17-50(5-2)62(58-38-30-54(31-39-58)52-23-14-9-15-24-52)59-40-34-56(35-41-59)57-36-44-61(45-37-57)63(51(6-3)25-16-22-47-18-10-7-11-19-47)60-42-32-55(33-43-60)53-28-26-49(27-29-53)46-48-20-12-8-13-21-48/h4,6-8,10-13,16-18,20-23,25-26,28-30,32,34-37,40-45,47,49-50,55,58,62-63H,3,5,9,14-15,19,24,27,31,33,38-39,46H2,1-2H3/b17-4-,22-16+,51-25+. The Labute approximate surface area is 381 Å². The number of allylic oxidation sites excluding steroid dienone is 23. The van der Waals surface area contributed by atoms with Crippen molar-refractivity contribution in [3.05, 3.63) is 239 Å². The summed E-state index contributed by atoms with van der Waals surface area (Å²) in [7, 11) is 0. The predicted octanol–water partition coefficient (Wildman–Crippen LogP) is 17.4. The second-order valence-corrected chi connectivity index (χ2v) is 18.7. The number of benzene rings is 3. The molecule has 0 saturated heterocycles. The van der Waals surface area contributed by atoms with Gasteiger partial charge in [-0.15, -0.1) is 0 Å². The van der Waals surface area contributed by atoms with Crippen molar-refractivity contribution in [1.82, 2.24) is 0 Å². The molecule has 7 atom stereocenters. The van der Waals surface area contributed by atoms with E-state index < -0.39 is 0 Å². The van der Waals surface area contributed by atoms with Gasteiger partial charge in [-0.25, -0.2) is 0 Å². The van der Waals surface area contributed by atoms with Gasteiger partial charge in [0.1, 0.15) is 0 Å². The largest absolute Gasteiger partial charge is 0.0988 e. The van der Waals surface area contributed by atoms with Crippen LogP contribution in [0.1, 0.15) is 113 Å². The molecule has 0 nitrogen and oxygen atoms in total. The predicted molar refractivity (Wildman–Crippen MR) is 273 cm³/mol. The fourth-order valence-corrected chi connectivity index (χ4v) is 11.0. The van der Waals surface area contributed by atoms with Gasteiger partial charge in [-0.05, 0) is 169 Å². The summed E-state index contributed by atoms with van der Waals surface area (Å²) in [4.78, 5) is 0. The molecule has 0 N–H and O–H groups in total. The zero-order valence-corrected chi connectivity index (χ0v) is 38.1. The monoisotopic (exact) mass is 827 g/mol. The van der Waals surface area contributed by atoms with E-state index in [-0.39, 0.29) is 5.92 Å². The molecule has 5 aliphatic carbocycles. The molecule has 3 aromatic carbocycles. The second-order valence-electron chi connectivity index (χ2n) is 18.7. The van der Waals surface area contributed by atoms with Crippen LogP contribution in [0.5, 0.6) is 0 Å². The third kappa shape index (κ3) is 11.4. The Kier molecular flexibility index (Phi) is 15.6. The van der Waals surface area contributed by atoms with E-state index in [1.165, 1.54) is 95.9 Å². The normalized spacial score (nSPS) is 24.1. The molecule has 63 heavy (non-hydrogen) atoms. The maximum absolute atomic E-state index is 4.36. The van der Waals surface area contributed by atoms with Crippen molar-refractivity contribution >= 4 is 0 Å². The van der Waals surface area contributed by atoms with E-state index in [4.69, 9.17) is 0 Å². The first-order valence-corrected chi connectivity index (χ1v) is 24.5. The van der Waals surface area contributed by atoms with Gasteiger partial charge < -0.3 is 0 Å². The maximum Gasteiger partial charge on any atom is 0.0336 e. The van der Waals surface area contributed by atoms with Gasteiger partial charge in [-0.3, -0.25) is 0 Å². The summed E-state index contributed by atoms with van der Waals surface area (Å²) in [6.07, 6.45) is 56.8. The van der Waals surface area contributed by atoms with E-state index in [1.54, 1.807) is 11.1 Å². The molecule has 0 aromatic heterocycles. The van der Waals surface area contributed by atoms with Crippen LogP contribution in [0.4, 0.5) is 0 Å². The number of rotatable bonds is 16. The topological polar surface area (TPSA) is 0 Å². The molecular formula is C63H70. The van der Waals surface area contributed by atoms with Crippen LogP contribution in [0.15, 0.2) is 223 Å². The van der Waals surface area contributed by atoms with E-state index in [1.807, 2.05) is 0 Å². The van der Waals surface area contributed by atoms with Gasteiger partial charge in [-0.2, -0.15) is 0 Å². The molecule has 0 bridgehead atoms. The SMILES string of the molecule is C=C/C(=C\C=C\C1C=CC=CC1)C(C1=CCC(C2=CCC(Cc3ccccc3)C=C2)C=C1)c1ccc(-c2ccc(C(C(/C=C\C)CC)C3CC=C(C4=CCCCC4)CC3)cc2)cc1. The first-order chi connectivity index (χ1) is 31.1. The van der Waals surface area contributed by atoms with Gasteiger partial charge in [-0.1, -0.05) is 202 Å². The van der Waals surface area contributed by atoms with Crippen molar-refractivity contribution in [2.24, 2.45) is 29.6 Å². The molecule has 0 heteroatoms. The molecule has 0 amide bonds. The molecule has 322 valence electrons. The lowest BCUT2D eigenvalue weighted by atomic mass is 9.69. The summed E-state index contributed by atoms with van der Waals surface area (Å²) in [6.45, 7) is 8.93. The Morgan fingerprint density at radius 2 is 1.54 bits per heavy atom. The van der Waals surface area contributed by atoms with Crippen LogP contribution in [0, 0.1) is 29.6 Å². The van der Waals surface area contributed by atoms with Crippen LogP contribution in [0.3, 0.4) is 0 Å². The summed E-state index contributed by atoms with van der Waals surface area (Å²) in [5, 5.41) is 0. The lowest BCUT2D eigenvalue weighted by Gasteiger charge is -2.35. The second kappa shape index (κ2) is 22.2. The van der Waals surface area contributed by atoms with Gasteiger partial charge >= 0.3 is 0 Å². The van der Waals surface area contributed by atoms with Crippen LogP contribution in [-0.4, -0.2) is 0 Å². The minimum Gasteiger partial charge on any atom is -0.0988 e. The molecule has 0 radical (unpaired) electrons. The van der Waals surface area contributed by atoms with Crippen molar-refractivity contribution in [2.45, 2.75) is 103 Å². The molecule has 3 aromatic rings. The van der Waals surface area contributed by atoms with Crippen molar-refractivity contribution in [3.63, 3.8) is 0 Å². The van der Waals surface area contributed by atoms with Gasteiger partial charge in [0.25, 0.3) is 0 Å². The molecule has 0 fully saturated rings. The van der Waals surface area contributed by atoms with Gasteiger partial charge in [0, 0.05) is 11.8 Å². The van der Waals surface area contributed by atoms with Gasteiger partial charge in [0.2, 0.25) is 0 Å². The Hall–Kier alpha value is -5.46. The highest BCUT2D eigenvalue weighted by Gasteiger charge is 2.31. The Morgan fingerprint density at radius 3 is 2.16 bits per heavy atom. The van der Waals surface area contributed by atoms with Gasteiger partial charge in [0.05, 0.1) is 0 Å². The highest BCUT2D eigenvalue weighted by molar-refractivity contribution is 5.65. The molecule has 0 saturated carbocycles. The quantitative estimate of drug-likeness (QED) is 0.0997. The average Bonchev–Trinajstić information content (AvgIpc) is 3.35. The highest BCUT2D eigenvalue weighted by Crippen LogP contribution is 2.45. The number of hydrogen-bond acceptors (Lipinski definition) is 0. The Balaban J connectivity index is 1.00. The van der Waals surface area contributed by atoms with Crippen molar-refractivity contribution in [3.8, 4) is 11.1 Å². The molecule has 5 aliphatic rings. The zero-order chi connectivity index (χ0) is 43.2.